The highest BCUT2D eigenvalue weighted by Crippen LogP contribution is 2.28. The van der Waals surface area contributed by atoms with Gasteiger partial charge in [-0.3, -0.25) is 0 Å². The maximum Gasteiger partial charge on any atom is 0.436 e. The molecule has 0 aromatic carbocycles. The Balaban J connectivity index is 2.64. The molecule has 1 aromatic heterocycles. The Hall–Kier alpha value is -1.00. The average molecular weight is 193 g/mol. The van der Waals surface area contributed by atoms with Crippen molar-refractivity contribution in [2.45, 2.75) is 32.4 Å². The van der Waals surface area contributed by atoms with Crippen LogP contribution in [-0.4, -0.2) is 4.98 Å². The maximum absolute atomic E-state index is 12.0. The largest absolute Gasteiger partial charge is 0.448 e. The van der Waals surface area contributed by atoms with Crippen LogP contribution >= 0.6 is 0 Å². The van der Waals surface area contributed by atoms with Crippen LogP contribution in [0.4, 0.5) is 13.2 Å². The minimum absolute atomic E-state index is 0.161. The Morgan fingerprint density at radius 1 is 1.46 bits per heavy atom. The van der Waals surface area contributed by atoms with Gasteiger partial charge < -0.3 is 4.42 Å². The molecular weight excluding hydrogens is 183 g/mol. The van der Waals surface area contributed by atoms with Crippen LogP contribution in [0.1, 0.15) is 31.4 Å². The van der Waals surface area contributed by atoms with Crippen molar-refractivity contribution in [3.05, 3.63) is 17.8 Å². The zero-order valence-electron chi connectivity index (χ0n) is 7.19. The Kier molecular flexibility index (Phi) is 2.95. The molecule has 0 atom stereocenters. The summed E-state index contributed by atoms with van der Waals surface area (Å²) in [4.78, 5) is 3.33. The van der Waals surface area contributed by atoms with Crippen LogP contribution in [-0.2, 0) is 12.6 Å². The molecule has 5 heteroatoms. The normalized spacial score (nSPS) is 12.0. The van der Waals surface area contributed by atoms with E-state index in [4.69, 9.17) is 0 Å². The van der Waals surface area contributed by atoms with Gasteiger partial charge in [-0.25, -0.2) is 4.98 Å². The summed E-state index contributed by atoms with van der Waals surface area (Å²) in [6.07, 6.45) is -1.58. The standard InChI is InChI=1S/C8H10F3NO/c1-2-3-4-7-12-6(5-13-7)8(9,10)11/h5H,2-4H2,1H3. The van der Waals surface area contributed by atoms with E-state index in [1.54, 1.807) is 0 Å². The van der Waals surface area contributed by atoms with E-state index < -0.39 is 11.9 Å². The molecule has 0 aliphatic heterocycles. The van der Waals surface area contributed by atoms with Crippen LogP contribution in [0.15, 0.2) is 10.7 Å². The van der Waals surface area contributed by atoms with Crippen LogP contribution in [0.2, 0.25) is 0 Å². The highest BCUT2D eigenvalue weighted by atomic mass is 19.4. The number of rotatable bonds is 3. The van der Waals surface area contributed by atoms with E-state index in [2.05, 4.69) is 9.40 Å². The third-order valence-electron chi connectivity index (χ3n) is 1.59. The molecule has 0 fully saturated rings. The fourth-order valence-corrected chi connectivity index (χ4v) is 0.884. The maximum atomic E-state index is 12.0. The van der Waals surface area contributed by atoms with E-state index in [0.29, 0.717) is 12.7 Å². The summed E-state index contributed by atoms with van der Waals surface area (Å²) >= 11 is 0. The third kappa shape index (κ3) is 2.75. The van der Waals surface area contributed by atoms with Crippen molar-refractivity contribution in [2.24, 2.45) is 0 Å². The number of alkyl halides is 3. The molecule has 2 nitrogen and oxygen atoms in total. The van der Waals surface area contributed by atoms with Gasteiger partial charge >= 0.3 is 6.18 Å². The summed E-state index contributed by atoms with van der Waals surface area (Å²) < 4.78 is 40.7. The van der Waals surface area contributed by atoms with Gasteiger partial charge in [0, 0.05) is 6.42 Å². The van der Waals surface area contributed by atoms with Crippen LogP contribution in [0.25, 0.3) is 0 Å². The molecule has 0 unspecified atom stereocenters. The molecule has 1 heterocycles. The number of nitrogens with zero attached hydrogens (tertiary/aromatic N) is 1. The molecule has 0 bridgehead atoms. The summed E-state index contributed by atoms with van der Waals surface area (Å²) in [6.45, 7) is 1.95. The van der Waals surface area contributed by atoms with E-state index >= 15 is 0 Å². The average Bonchev–Trinajstić information content (AvgIpc) is 2.47. The summed E-state index contributed by atoms with van der Waals surface area (Å²) in [5.41, 5.74) is -0.946. The lowest BCUT2D eigenvalue weighted by Crippen LogP contribution is -2.05. The zero-order valence-corrected chi connectivity index (χ0v) is 7.19. The molecule has 1 rings (SSSR count). The Bertz CT molecular complexity index is 267. The molecule has 0 radical (unpaired) electrons. The number of aromatic nitrogens is 1. The molecule has 0 saturated heterocycles. The number of hydrogen-bond acceptors (Lipinski definition) is 2. The summed E-state index contributed by atoms with van der Waals surface area (Å²) in [5.74, 6) is 0.161. The van der Waals surface area contributed by atoms with Gasteiger partial charge in [-0.1, -0.05) is 13.3 Å². The van der Waals surface area contributed by atoms with Crippen LogP contribution in [0.5, 0.6) is 0 Å². The molecule has 0 aliphatic rings. The molecule has 74 valence electrons. The first-order chi connectivity index (χ1) is 6.04. The molecule has 0 amide bonds. The lowest BCUT2D eigenvalue weighted by Gasteiger charge is -1.98. The quantitative estimate of drug-likeness (QED) is 0.737. The van der Waals surface area contributed by atoms with E-state index in [-0.39, 0.29) is 5.89 Å². The van der Waals surface area contributed by atoms with Crippen LogP contribution in [0, 0.1) is 0 Å². The van der Waals surface area contributed by atoms with Gasteiger partial charge in [0.1, 0.15) is 6.26 Å². The van der Waals surface area contributed by atoms with Crippen molar-refractivity contribution < 1.29 is 17.6 Å². The van der Waals surface area contributed by atoms with Crippen LogP contribution in [0.3, 0.4) is 0 Å². The van der Waals surface area contributed by atoms with E-state index in [1.165, 1.54) is 0 Å². The number of oxazole rings is 1. The Morgan fingerprint density at radius 2 is 2.15 bits per heavy atom. The fourth-order valence-electron chi connectivity index (χ4n) is 0.884. The van der Waals surface area contributed by atoms with Gasteiger partial charge in [0.05, 0.1) is 0 Å². The van der Waals surface area contributed by atoms with Crippen molar-refractivity contribution in [3.63, 3.8) is 0 Å². The topological polar surface area (TPSA) is 26.0 Å². The van der Waals surface area contributed by atoms with E-state index in [1.807, 2.05) is 6.92 Å². The Morgan fingerprint density at radius 3 is 2.62 bits per heavy atom. The molecule has 1 aromatic rings. The highest BCUT2D eigenvalue weighted by molar-refractivity contribution is 5.00. The van der Waals surface area contributed by atoms with Crippen molar-refractivity contribution in [2.75, 3.05) is 0 Å². The summed E-state index contributed by atoms with van der Waals surface area (Å²) in [7, 11) is 0. The summed E-state index contributed by atoms with van der Waals surface area (Å²) in [6, 6.07) is 0. The molecule has 0 spiro atoms. The van der Waals surface area contributed by atoms with Gasteiger partial charge in [-0.15, -0.1) is 0 Å². The summed E-state index contributed by atoms with van der Waals surface area (Å²) in [5, 5.41) is 0. The van der Waals surface area contributed by atoms with Gasteiger partial charge in [0.25, 0.3) is 0 Å². The number of halogens is 3. The SMILES string of the molecule is CCCCc1nc(C(F)(F)F)co1. The second kappa shape index (κ2) is 3.81. The first kappa shape index (κ1) is 10.1. The first-order valence-corrected chi connectivity index (χ1v) is 4.05. The number of aryl methyl sites for hydroxylation is 1. The Labute approximate surface area is 73.8 Å². The second-order valence-electron chi connectivity index (χ2n) is 2.73. The van der Waals surface area contributed by atoms with Gasteiger partial charge in [0.15, 0.2) is 11.6 Å². The first-order valence-electron chi connectivity index (χ1n) is 4.05. The van der Waals surface area contributed by atoms with Crippen molar-refractivity contribution in [1.82, 2.24) is 4.98 Å². The molecule has 0 aliphatic carbocycles. The minimum Gasteiger partial charge on any atom is -0.448 e. The smallest absolute Gasteiger partial charge is 0.436 e. The van der Waals surface area contributed by atoms with Gasteiger partial charge in [-0.2, -0.15) is 13.2 Å². The van der Waals surface area contributed by atoms with Crippen LogP contribution < -0.4 is 0 Å². The molecule has 0 saturated carbocycles. The minimum atomic E-state index is -4.39. The van der Waals surface area contributed by atoms with Crippen molar-refractivity contribution >= 4 is 0 Å². The zero-order chi connectivity index (χ0) is 9.90. The lowest BCUT2D eigenvalue weighted by atomic mass is 10.2. The lowest BCUT2D eigenvalue weighted by molar-refractivity contribution is -0.141. The predicted molar refractivity (Wildman–Crippen MR) is 40.1 cm³/mol. The molecule has 0 N–H and O–H groups in total. The van der Waals surface area contributed by atoms with E-state index in [9.17, 15) is 13.2 Å². The highest BCUT2D eigenvalue weighted by Gasteiger charge is 2.34. The fraction of sp³-hybridized carbons (Fsp3) is 0.625. The predicted octanol–water partition coefficient (Wildman–Crippen LogP) is 3.04. The van der Waals surface area contributed by atoms with Crippen molar-refractivity contribution in [3.8, 4) is 0 Å². The molecular formula is C8H10F3NO. The number of hydrogen-bond donors (Lipinski definition) is 0. The molecule has 13 heavy (non-hydrogen) atoms. The second-order valence-corrected chi connectivity index (χ2v) is 2.73. The monoisotopic (exact) mass is 193 g/mol. The number of unbranched alkanes of at least 4 members (excludes halogenated alkanes) is 1. The van der Waals surface area contributed by atoms with E-state index in [0.717, 1.165) is 12.8 Å². The van der Waals surface area contributed by atoms with Gasteiger partial charge in [-0.05, 0) is 6.42 Å². The van der Waals surface area contributed by atoms with Gasteiger partial charge in [0.2, 0.25) is 0 Å². The third-order valence-corrected chi connectivity index (χ3v) is 1.59. The van der Waals surface area contributed by atoms with Crippen molar-refractivity contribution in [1.29, 1.82) is 0 Å².